The van der Waals surface area contributed by atoms with Gasteiger partial charge in [-0.2, -0.15) is 5.10 Å². The zero-order valence-corrected chi connectivity index (χ0v) is 26.1. The number of para-hydroxylation sites is 1. The third-order valence-corrected chi connectivity index (χ3v) is 9.88. The molecule has 3 N–H and O–H groups in total. The van der Waals surface area contributed by atoms with Crippen LogP contribution >= 0.6 is 0 Å². The van der Waals surface area contributed by atoms with E-state index in [9.17, 15) is 14.4 Å². The summed E-state index contributed by atoms with van der Waals surface area (Å²) in [7, 11) is 0. The Morgan fingerprint density at radius 2 is 1.72 bits per heavy atom. The number of nitrogens with zero attached hydrogens (tertiary/aromatic N) is 5. The number of benzene rings is 2. The summed E-state index contributed by atoms with van der Waals surface area (Å²) in [6.45, 7) is 4.90. The molecule has 0 saturated carbocycles. The molecule has 1 atom stereocenters. The van der Waals surface area contributed by atoms with Crippen molar-refractivity contribution in [2.75, 3.05) is 31.5 Å². The molecule has 5 heterocycles. The number of aromatic nitrogens is 3. The number of H-pyrrole nitrogens is 1. The van der Waals surface area contributed by atoms with E-state index in [4.69, 9.17) is 0 Å². The van der Waals surface area contributed by atoms with E-state index in [2.05, 4.69) is 44.0 Å². The lowest BCUT2D eigenvalue weighted by Crippen LogP contribution is -2.57. The van der Waals surface area contributed by atoms with Crippen LogP contribution in [0.3, 0.4) is 0 Å². The molecule has 7 rings (SSSR count). The maximum absolute atomic E-state index is 14.1. The zero-order valence-electron chi connectivity index (χ0n) is 26.1. The number of rotatable bonds is 6. The predicted molar refractivity (Wildman–Crippen MR) is 175 cm³/mol. The number of urea groups is 2. The monoisotopic (exact) mass is 620 g/mol. The van der Waals surface area contributed by atoms with E-state index in [1.165, 1.54) is 5.56 Å². The summed E-state index contributed by atoms with van der Waals surface area (Å²) in [6.07, 6.45) is 8.93. The molecule has 11 nitrogen and oxygen atoms in total. The van der Waals surface area contributed by atoms with Crippen molar-refractivity contribution in [3.05, 3.63) is 89.4 Å². The highest BCUT2D eigenvalue weighted by molar-refractivity contribution is 5.92. The number of pyridine rings is 1. The van der Waals surface area contributed by atoms with Crippen molar-refractivity contribution in [3.8, 4) is 0 Å². The molecule has 1 unspecified atom stereocenters. The second-order valence-electron chi connectivity index (χ2n) is 12.8. The number of hydrogen-bond acceptors (Lipinski definition) is 5. The molecule has 0 radical (unpaired) electrons. The second-order valence-corrected chi connectivity index (χ2v) is 12.8. The molecule has 2 aromatic carbocycles. The number of aryl methyl sites for hydroxylation is 1. The van der Waals surface area contributed by atoms with Crippen LogP contribution in [0, 0.1) is 6.92 Å². The Kier molecular flexibility index (Phi) is 8.30. The summed E-state index contributed by atoms with van der Waals surface area (Å²) in [5, 5.41) is 14.3. The molecule has 0 bridgehead atoms. The first-order valence-corrected chi connectivity index (χ1v) is 16.2. The molecule has 0 aliphatic carbocycles. The first-order valence-electron chi connectivity index (χ1n) is 16.2. The van der Waals surface area contributed by atoms with Crippen LogP contribution in [0.25, 0.3) is 10.9 Å². The van der Waals surface area contributed by atoms with Gasteiger partial charge in [0.2, 0.25) is 5.91 Å². The van der Waals surface area contributed by atoms with Gasteiger partial charge < -0.3 is 25.3 Å². The van der Waals surface area contributed by atoms with Crippen molar-refractivity contribution in [3.63, 3.8) is 0 Å². The lowest BCUT2D eigenvalue weighted by molar-refractivity contribution is -0.134. The average molecular weight is 621 g/mol. The van der Waals surface area contributed by atoms with Gasteiger partial charge in [0.1, 0.15) is 6.04 Å². The molecular weight excluding hydrogens is 580 g/mol. The van der Waals surface area contributed by atoms with Crippen LogP contribution < -0.4 is 10.6 Å². The van der Waals surface area contributed by atoms with Gasteiger partial charge in [-0.05, 0) is 85.0 Å². The number of fused-ring (bicyclic) bond motifs is 2. The van der Waals surface area contributed by atoms with E-state index in [1.54, 1.807) is 11.1 Å². The van der Waals surface area contributed by atoms with Crippen molar-refractivity contribution in [2.24, 2.45) is 0 Å². The number of nitrogens with one attached hydrogen (secondary N) is 3. The van der Waals surface area contributed by atoms with Crippen molar-refractivity contribution in [1.29, 1.82) is 0 Å². The predicted octanol–water partition coefficient (Wildman–Crippen LogP) is 4.81. The van der Waals surface area contributed by atoms with E-state index in [0.29, 0.717) is 57.9 Å². The lowest BCUT2D eigenvalue weighted by Gasteiger charge is -2.41. The summed E-state index contributed by atoms with van der Waals surface area (Å²) in [6, 6.07) is 15.1. The topological polar surface area (TPSA) is 127 Å². The number of carbonyl (C=O) groups excluding carboxylic acids is 3. The number of aromatic amines is 1. The maximum atomic E-state index is 14.1. The van der Waals surface area contributed by atoms with Gasteiger partial charge >= 0.3 is 12.1 Å². The van der Waals surface area contributed by atoms with Crippen molar-refractivity contribution in [2.45, 2.75) is 63.6 Å². The van der Waals surface area contributed by atoms with Crippen LogP contribution in [-0.2, 0) is 17.8 Å². The van der Waals surface area contributed by atoms with Crippen LogP contribution in [0.2, 0.25) is 0 Å². The molecular formula is C35H40N8O3. The Balaban J connectivity index is 1.02. The van der Waals surface area contributed by atoms with Gasteiger partial charge in [-0.15, -0.1) is 0 Å². The fraction of sp³-hybridized carbons (Fsp3) is 0.400. The molecule has 238 valence electrons. The minimum atomic E-state index is -0.698. The van der Waals surface area contributed by atoms with E-state index in [0.717, 1.165) is 46.1 Å². The summed E-state index contributed by atoms with van der Waals surface area (Å²) >= 11 is 0. The minimum Gasteiger partial charge on any atom is -0.341 e. The molecule has 3 aliphatic rings. The molecule has 11 heteroatoms. The number of carbonyl (C=O) groups is 3. The summed E-state index contributed by atoms with van der Waals surface area (Å²) in [5.41, 5.74) is 6.21. The van der Waals surface area contributed by atoms with Gasteiger partial charge in [0, 0.05) is 68.7 Å². The van der Waals surface area contributed by atoms with Crippen molar-refractivity contribution >= 4 is 34.6 Å². The van der Waals surface area contributed by atoms with E-state index < -0.39 is 6.04 Å². The third-order valence-electron chi connectivity index (χ3n) is 9.88. The summed E-state index contributed by atoms with van der Waals surface area (Å²) in [5.74, 6) is 0.341. The van der Waals surface area contributed by atoms with Gasteiger partial charge in [-0.3, -0.25) is 14.9 Å². The smallest absolute Gasteiger partial charge is 0.322 e. The Morgan fingerprint density at radius 1 is 0.978 bits per heavy atom. The highest BCUT2D eigenvalue weighted by atomic mass is 16.2. The van der Waals surface area contributed by atoms with Crippen molar-refractivity contribution < 1.29 is 14.4 Å². The number of amides is 5. The van der Waals surface area contributed by atoms with Crippen molar-refractivity contribution in [1.82, 2.24) is 35.2 Å². The molecule has 0 spiro atoms. The van der Waals surface area contributed by atoms with Crippen LogP contribution in [0.1, 0.15) is 53.9 Å². The van der Waals surface area contributed by atoms with Gasteiger partial charge in [-0.1, -0.05) is 24.3 Å². The molecule has 2 fully saturated rings. The highest BCUT2D eigenvalue weighted by Gasteiger charge is 2.35. The SMILES string of the molecule is Cc1cc(CC(NC(=O)N2CCC(N3Cc4ccccc4NC3=O)CC2)C(=O)N2CCC(c3ccncc3)CC2)cc2cn[nH]c12. The standard InChI is InChI=1S/C35H40N8O3/c1-23-18-24(19-28-21-37-40-32(23)28)20-31(33(44)41-14-8-26(9-15-41)25-6-12-36-13-7-25)39-34(45)42-16-10-29(11-17-42)43-22-27-4-2-3-5-30(27)38-35(43)46/h2-7,12-13,18-19,21,26,29,31H,8-11,14-17,20,22H2,1H3,(H,37,40)(H,38,46)(H,39,45). The molecule has 5 amide bonds. The molecule has 2 saturated heterocycles. The van der Waals surface area contributed by atoms with Crippen LogP contribution in [0.4, 0.5) is 15.3 Å². The van der Waals surface area contributed by atoms with E-state index >= 15 is 0 Å². The highest BCUT2D eigenvalue weighted by Crippen LogP contribution is 2.30. The van der Waals surface area contributed by atoms with E-state index in [-0.39, 0.29) is 24.0 Å². The van der Waals surface area contributed by atoms with Crippen LogP contribution in [0.15, 0.2) is 67.1 Å². The molecule has 46 heavy (non-hydrogen) atoms. The largest absolute Gasteiger partial charge is 0.341 e. The lowest BCUT2D eigenvalue weighted by atomic mass is 9.89. The number of hydrogen-bond donors (Lipinski definition) is 3. The fourth-order valence-electron chi connectivity index (χ4n) is 7.29. The molecule has 2 aromatic heterocycles. The first-order chi connectivity index (χ1) is 22.4. The second kappa shape index (κ2) is 12.8. The first kappa shape index (κ1) is 29.8. The van der Waals surface area contributed by atoms with Gasteiger partial charge in [-0.25, -0.2) is 9.59 Å². The number of likely N-dealkylation sites (tertiary alicyclic amines) is 2. The fourth-order valence-corrected chi connectivity index (χ4v) is 7.29. The Morgan fingerprint density at radius 3 is 2.50 bits per heavy atom. The third kappa shape index (κ3) is 6.14. The van der Waals surface area contributed by atoms with Gasteiger partial charge in [0.15, 0.2) is 0 Å². The maximum Gasteiger partial charge on any atom is 0.322 e. The van der Waals surface area contributed by atoms with Crippen LogP contribution in [0.5, 0.6) is 0 Å². The Labute approximate surface area is 268 Å². The zero-order chi connectivity index (χ0) is 31.6. The number of anilines is 1. The number of piperidine rings is 2. The quantitative estimate of drug-likeness (QED) is 0.285. The normalized spacial score (nSPS) is 18.3. The summed E-state index contributed by atoms with van der Waals surface area (Å²) < 4.78 is 0. The summed E-state index contributed by atoms with van der Waals surface area (Å²) in [4.78, 5) is 50.4. The molecule has 4 aromatic rings. The minimum absolute atomic E-state index is 0.0428. The Hall–Kier alpha value is -4.93. The molecule has 3 aliphatic heterocycles. The van der Waals surface area contributed by atoms with Gasteiger partial charge in [0.25, 0.3) is 0 Å². The Bertz CT molecular complexity index is 1720. The van der Waals surface area contributed by atoms with Gasteiger partial charge in [0.05, 0.1) is 11.7 Å². The van der Waals surface area contributed by atoms with E-state index in [1.807, 2.05) is 59.4 Å². The average Bonchev–Trinajstić information content (AvgIpc) is 3.57. The van der Waals surface area contributed by atoms with Crippen LogP contribution in [-0.4, -0.2) is 86.1 Å².